The molecule has 0 aliphatic carbocycles. The molecule has 2 rings (SSSR count). The fraction of sp³-hybridized carbons (Fsp3) is 0. The number of para-hydroxylation sites is 1. The highest BCUT2D eigenvalue weighted by molar-refractivity contribution is 6.33. The number of nitrogens with one attached hydrogen (secondary N) is 1. The van der Waals surface area contributed by atoms with Crippen molar-refractivity contribution < 1.29 is 0 Å². The van der Waals surface area contributed by atoms with Crippen LogP contribution in [0, 0.1) is 0 Å². The Morgan fingerprint density at radius 3 is 2.44 bits per heavy atom. The van der Waals surface area contributed by atoms with E-state index >= 15 is 0 Å². The van der Waals surface area contributed by atoms with Gasteiger partial charge in [0.1, 0.15) is 0 Å². The van der Waals surface area contributed by atoms with Gasteiger partial charge < -0.3 is 0 Å². The molecule has 90 valence electrons. The van der Waals surface area contributed by atoms with Gasteiger partial charge in [0.15, 0.2) is 0 Å². The molecule has 18 heavy (non-hydrogen) atoms. The Bertz CT molecular complexity index is 547. The van der Waals surface area contributed by atoms with Gasteiger partial charge in [-0.1, -0.05) is 60.1 Å². The molecule has 0 saturated carbocycles. The minimum atomic E-state index is 0.654. The molecule has 0 aromatic heterocycles. The van der Waals surface area contributed by atoms with Gasteiger partial charge in [0.2, 0.25) is 0 Å². The van der Waals surface area contributed by atoms with E-state index in [1.807, 2.05) is 66.7 Å². The summed E-state index contributed by atoms with van der Waals surface area (Å²) in [6, 6.07) is 17.5. The Morgan fingerprint density at radius 1 is 0.944 bits per heavy atom. The van der Waals surface area contributed by atoms with Crippen molar-refractivity contribution >= 4 is 29.6 Å². The van der Waals surface area contributed by atoms with Crippen LogP contribution in [0.5, 0.6) is 0 Å². The molecule has 2 aromatic rings. The molecule has 0 saturated heterocycles. The third kappa shape index (κ3) is 3.75. The van der Waals surface area contributed by atoms with Gasteiger partial charge in [0.05, 0.1) is 10.7 Å². The van der Waals surface area contributed by atoms with Crippen molar-refractivity contribution in [2.75, 3.05) is 5.43 Å². The maximum absolute atomic E-state index is 5.98. The van der Waals surface area contributed by atoms with Crippen LogP contribution in [0.1, 0.15) is 5.56 Å². The van der Waals surface area contributed by atoms with Gasteiger partial charge in [-0.05, 0) is 23.8 Å². The predicted octanol–water partition coefficient (Wildman–Crippen LogP) is 4.45. The molecule has 0 fully saturated rings. The van der Waals surface area contributed by atoms with Crippen LogP contribution < -0.4 is 5.43 Å². The maximum Gasteiger partial charge on any atom is 0.0748 e. The van der Waals surface area contributed by atoms with Crippen molar-refractivity contribution in [3.8, 4) is 0 Å². The largest absolute Gasteiger partial charge is 0.277 e. The zero-order valence-corrected chi connectivity index (χ0v) is 10.5. The van der Waals surface area contributed by atoms with Crippen LogP contribution in [-0.4, -0.2) is 6.21 Å². The van der Waals surface area contributed by atoms with Crippen LogP contribution in [0.15, 0.2) is 65.8 Å². The Balaban J connectivity index is 1.90. The van der Waals surface area contributed by atoms with Crippen LogP contribution in [-0.2, 0) is 0 Å². The first-order valence-electron chi connectivity index (χ1n) is 5.61. The third-order valence-electron chi connectivity index (χ3n) is 2.31. The first-order valence-corrected chi connectivity index (χ1v) is 5.99. The van der Waals surface area contributed by atoms with Crippen LogP contribution in [0.2, 0.25) is 5.02 Å². The Hall–Kier alpha value is -2.06. The summed E-state index contributed by atoms with van der Waals surface area (Å²) in [4.78, 5) is 0. The lowest BCUT2D eigenvalue weighted by Crippen LogP contribution is -1.88. The lowest BCUT2D eigenvalue weighted by molar-refractivity contribution is 1.36. The van der Waals surface area contributed by atoms with E-state index in [0.717, 1.165) is 11.3 Å². The van der Waals surface area contributed by atoms with Crippen molar-refractivity contribution in [2.24, 2.45) is 5.10 Å². The molecule has 0 spiro atoms. The average Bonchev–Trinajstić information content (AvgIpc) is 2.42. The molecule has 0 amide bonds. The van der Waals surface area contributed by atoms with Gasteiger partial charge in [0, 0.05) is 6.21 Å². The zero-order valence-electron chi connectivity index (χ0n) is 9.75. The van der Waals surface area contributed by atoms with Crippen molar-refractivity contribution in [3.05, 3.63) is 71.3 Å². The average molecular weight is 257 g/mol. The predicted molar refractivity (Wildman–Crippen MR) is 79.0 cm³/mol. The van der Waals surface area contributed by atoms with Gasteiger partial charge in [-0.3, -0.25) is 5.43 Å². The molecule has 0 atom stereocenters. The monoisotopic (exact) mass is 256 g/mol. The molecule has 2 nitrogen and oxygen atoms in total. The quantitative estimate of drug-likeness (QED) is 0.634. The molecule has 2 aromatic carbocycles. The number of anilines is 1. The summed E-state index contributed by atoms with van der Waals surface area (Å²) in [5.74, 6) is 0. The highest BCUT2D eigenvalue weighted by Gasteiger charge is 1.93. The minimum absolute atomic E-state index is 0.654. The molecule has 0 aliphatic heterocycles. The van der Waals surface area contributed by atoms with E-state index < -0.39 is 0 Å². The van der Waals surface area contributed by atoms with E-state index in [2.05, 4.69) is 10.5 Å². The second-order valence-electron chi connectivity index (χ2n) is 3.64. The number of hydrogen-bond acceptors (Lipinski definition) is 2. The molecule has 1 N–H and O–H groups in total. The van der Waals surface area contributed by atoms with E-state index in [9.17, 15) is 0 Å². The molecule has 0 radical (unpaired) electrons. The number of hydrazone groups is 1. The lowest BCUT2D eigenvalue weighted by atomic mass is 10.2. The topological polar surface area (TPSA) is 24.4 Å². The molecule has 0 aliphatic rings. The molecule has 0 unspecified atom stereocenters. The normalized spacial score (nSPS) is 11.2. The van der Waals surface area contributed by atoms with Crippen LogP contribution >= 0.6 is 11.6 Å². The second kappa shape index (κ2) is 6.62. The van der Waals surface area contributed by atoms with Crippen molar-refractivity contribution in [1.82, 2.24) is 0 Å². The first-order chi connectivity index (χ1) is 8.86. The molecular weight excluding hydrogens is 244 g/mol. The Kier molecular flexibility index (Phi) is 4.56. The van der Waals surface area contributed by atoms with E-state index in [1.54, 1.807) is 6.21 Å². The highest BCUT2D eigenvalue weighted by Crippen LogP contribution is 2.19. The fourth-order valence-electron chi connectivity index (χ4n) is 1.42. The fourth-order valence-corrected chi connectivity index (χ4v) is 1.60. The number of benzene rings is 2. The van der Waals surface area contributed by atoms with E-state index in [1.165, 1.54) is 0 Å². The highest BCUT2D eigenvalue weighted by atomic mass is 35.5. The van der Waals surface area contributed by atoms with Crippen LogP contribution in [0.25, 0.3) is 6.08 Å². The third-order valence-corrected chi connectivity index (χ3v) is 2.64. The second-order valence-corrected chi connectivity index (χ2v) is 4.05. The summed E-state index contributed by atoms with van der Waals surface area (Å²) in [7, 11) is 0. The molecular formula is C15H13ClN2. The molecule has 0 bridgehead atoms. The number of nitrogens with zero attached hydrogens (tertiary/aromatic N) is 1. The molecule has 3 heteroatoms. The minimum Gasteiger partial charge on any atom is -0.277 e. The maximum atomic E-state index is 5.98. The summed E-state index contributed by atoms with van der Waals surface area (Å²) >= 11 is 5.98. The van der Waals surface area contributed by atoms with Crippen LogP contribution in [0.4, 0.5) is 5.69 Å². The standard InChI is InChI=1S/C15H13ClN2/c16-14-10-4-5-11-15(14)18-17-12-6-9-13-7-2-1-3-8-13/h1-12,18H/b9-6+,17-12+. The van der Waals surface area contributed by atoms with E-state index in [-0.39, 0.29) is 0 Å². The number of hydrogen-bond donors (Lipinski definition) is 1. The van der Waals surface area contributed by atoms with Gasteiger partial charge in [-0.15, -0.1) is 0 Å². The lowest BCUT2D eigenvalue weighted by Gasteiger charge is -2.00. The van der Waals surface area contributed by atoms with E-state index in [0.29, 0.717) is 5.02 Å². The van der Waals surface area contributed by atoms with Gasteiger partial charge in [0.25, 0.3) is 0 Å². The van der Waals surface area contributed by atoms with Gasteiger partial charge in [-0.2, -0.15) is 5.10 Å². The summed E-state index contributed by atoms with van der Waals surface area (Å²) in [6.07, 6.45) is 5.55. The zero-order chi connectivity index (χ0) is 12.6. The number of allylic oxidation sites excluding steroid dienone is 1. The van der Waals surface area contributed by atoms with Crippen molar-refractivity contribution in [1.29, 1.82) is 0 Å². The summed E-state index contributed by atoms with van der Waals surface area (Å²) < 4.78 is 0. The van der Waals surface area contributed by atoms with Gasteiger partial charge >= 0.3 is 0 Å². The van der Waals surface area contributed by atoms with Gasteiger partial charge in [-0.25, -0.2) is 0 Å². The first kappa shape index (κ1) is 12.4. The molecule has 0 heterocycles. The SMILES string of the molecule is Clc1ccccc1N/N=C/C=C/c1ccccc1. The summed E-state index contributed by atoms with van der Waals surface area (Å²) in [6.45, 7) is 0. The number of halogens is 1. The summed E-state index contributed by atoms with van der Waals surface area (Å²) in [5.41, 5.74) is 4.82. The number of rotatable bonds is 4. The Labute approximate surface area is 112 Å². The van der Waals surface area contributed by atoms with Crippen molar-refractivity contribution in [3.63, 3.8) is 0 Å². The van der Waals surface area contributed by atoms with Crippen molar-refractivity contribution in [2.45, 2.75) is 0 Å². The van der Waals surface area contributed by atoms with Crippen LogP contribution in [0.3, 0.4) is 0 Å². The van der Waals surface area contributed by atoms with E-state index in [4.69, 9.17) is 11.6 Å². The Morgan fingerprint density at radius 2 is 1.67 bits per heavy atom. The summed E-state index contributed by atoms with van der Waals surface area (Å²) in [5, 5.41) is 4.73. The smallest absolute Gasteiger partial charge is 0.0748 e.